The van der Waals surface area contributed by atoms with Crippen LogP contribution in [0, 0.1) is 6.92 Å². The van der Waals surface area contributed by atoms with Crippen LogP contribution in [0.4, 0.5) is 0 Å². The molecule has 3 aromatic rings. The molecule has 3 rings (SSSR count). The molecule has 0 aliphatic heterocycles. The topological polar surface area (TPSA) is 65.4 Å². The summed E-state index contributed by atoms with van der Waals surface area (Å²) in [5.74, 6) is 1.30. The van der Waals surface area contributed by atoms with E-state index in [1.54, 1.807) is 14.2 Å². The molecular formula is C20H23N3O3. The SMILES string of the molecule is COc1ccc(CNC(=O)CCn2ncc3cccc(C)c32)cc1OC. The van der Waals surface area contributed by atoms with Crippen molar-refractivity contribution in [3.63, 3.8) is 0 Å². The summed E-state index contributed by atoms with van der Waals surface area (Å²) >= 11 is 0. The highest BCUT2D eigenvalue weighted by Crippen LogP contribution is 2.27. The molecule has 0 aliphatic carbocycles. The zero-order chi connectivity index (χ0) is 18.5. The van der Waals surface area contributed by atoms with Crippen LogP contribution >= 0.6 is 0 Å². The van der Waals surface area contributed by atoms with Gasteiger partial charge >= 0.3 is 0 Å². The Kier molecular flexibility index (Phi) is 5.41. The smallest absolute Gasteiger partial charge is 0.222 e. The van der Waals surface area contributed by atoms with Crippen LogP contribution < -0.4 is 14.8 Å². The number of nitrogens with zero attached hydrogens (tertiary/aromatic N) is 2. The molecule has 6 heteroatoms. The monoisotopic (exact) mass is 353 g/mol. The van der Waals surface area contributed by atoms with Gasteiger partial charge in [-0.3, -0.25) is 9.48 Å². The molecule has 6 nitrogen and oxygen atoms in total. The molecule has 26 heavy (non-hydrogen) atoms. The number of para-hydroxylation sites is 1. The van der Waals surface area contributed by atoms with E-state index in [4.69, 9.17) is 9.47 Å². The standard InChI is InChI=1S/C20H23N3O3/c1-14-5-4-6-16-13-22-23(20(14)16)10-9-19(24)21-12-15-7-8-17(25-2)18(11-15)26-3/h4-8,11,13H,9-10,12H2,1-3H3,(H,21,24). The molecule has 1 N–H and O–H groups in total. The van der Waals surface area contributed by atoms with E-state index in [2.05, 4.69) is 23.4 Å². The van der Waals surface area contributed by atoms with E-state index in [1.165, 1.54) is 0 Å². The number of hydrogen-bond acceptors (Lipinski definition) is 4. The third-order valence-corrected chi connectivity index (χ3v) is 4.35. The van der Waals surface area contributed by atoms with Gasteiger partial charge in [-0.2, -0.15) is 5.10 Å². The van der Waals surface area contributed by atoms with Crippen molar-refractivity contribution in [3.05, 3.63) is 53.7 Å². The van der Waals surface area contributed by atoms with Crippen molar-refractivity contribution in [2.24, 2.45) is 0 Å². The van der Waals surface area contributed by atoms with Gasteiger partial charge < -0.3 is 14.8 Å². The third-order valence-electron chi connectivity index (χ3n) is 4.35. The Morgan fingerprint density at radius 2 is 1.96 bits per heavy atom. The van der Waals surface area contributed by atoms with Crippen molar-refractivity contribution in [1.82, 2.24) is 15.1 Å². The largest absolute Gasteiger partial charge is 0.493 e. The second-order valence-electron chi connectivity index (χ2n) is 6.10. The molecule has 0 spiro atoms. The van der Waals surface area contributed by atoms with Crippen LogP contribution in [0.1, 0.15) is 17.5 Å². The summed E-state index contributed by atoms with van der Waals surface area (Å²) < 4.78 is 12.4. The van der Waals surface area contributed by atoms with Crippen molar-refractivity contribution in [2.75, 3.05) is 14.2 Å². The number of aromatic nitrogens is 2. The number of ether oxygens (including phenoxy) is 2. The van der Waals surface area contributed by atoms with Crippen LogP contribution in [0.3, 0.4) is 0 Å². The molecule has 1 aromatic heterocycles. The predicted octanol–water partition coefficient (Wildman–Crippen LogP) is 3.07. The van der Waals surface area contributed by atoms with Crippen LogP contribution in [0.2, 0.25) is 0 Å². The van der Waals surface area contributed by atoms with Gasteiger partial charge in [0.2, 0.25) is 5.91 Å². The van der Waals surface area contributed by atoms with Gasteiger partial charge in [-0.15, -0.1) is 0 Å². The number of carbonyl (C=O) groups excluding carboxylic acids is 1. The molecule has 0 unspecified atom stereocenters. The van der Waals surface area contributed by atoms with Crippen molar-refractivity contribution in [1.29, 1.82) is 0 Å². The number of aryl methyl sites for hydroxylation is 2. The summed E-state index contributed by atoms with van der Waals surface area (Å²) in [5, 5.41) is 8.42. The van der Waals surface area contributed by atoms with Crippen molar-refractivity contribution in [3.8, 4) is 11.5 Å². The van der Waals surface area contributed by atoms with Crippen molar-refractivity contribution < 1.29 is 14.3 Å². The maximum Gasteiger partial charge on any atom is 0.222 e. The number of amides is 1. The summed E-state index contributed by atoms with van der Waals surface area (Å²) in [5.41, 5.74) is 3.20. The summed E-state index contributed by atoms with van der Waals surface area (Å²) in [6.45, 7) is 3.04. The number of fused-ring (bicyclic) bond motifs is 1. The molecule has 0 fully saturated rings. The van der Waals surface area contributed by atoms with E-state index in [-0.39, 0.29) is 5.91 Å². The summed E-state index contributed by atoms with van der Waals surface area (Å²) in [6.07, 6.45) is 2.21. The lowest BCUT2D eigenvalue weighted by Gasteiger charge is -2.11. The number of carbonyl (C=O) groups is 1. The first kappa shape index (κ1) is 17.8. The van der Waals surface area contributed by atoms with Gasteiger partial charge in [0.1, 0.15) is 0 Å². The van der Waals surface area contributed by atoms with Gasteiger partial charge in [0.05, 0.1) is 32.5 Å². The van der Waals surface area contributed by atoms with E-state index in [1.807, 2.05) is 41.2 Å². The number of nitrogens with one attached hydrogen (secondary N) is 1. The molecule has 136 valence electrons. The molecule has 0 radical (unpaired) electrons. The molecule has 0 saturated carbocycles. The Bertz CT molecular complexity index is 918. The quantitative estimate of drug-likeness (QED) is 0.709. The lowest BCUT2D eigenvalue weighted by Crippen LogP contribution is -2.24. The fourth-order valence-corrected chi connectivity index (χ4v) is 2.98. The first-order chi connectivity index (χ1) is 12.6. The fourth-order valence-electron chi connectivity index (χ4n) is 2.98. The average molecular weight is 353 g/mol. The average Bonchev–Trinajstić information content (AvgIpc) is 3.09. The van der Waals surface area contributed by atoms with Gasteiger partial charge in [-0.25, -0.2) is 0 Å². The minimum Gasteiger partial charge on any atom is -0.493 e. The first-order valence-electron chi connectivity index (χ1n) is 8.51. The van der Waals surface area contributed by atoms with Crippen molar-refractivity contribution >= 4 is 16.8 Å². The number of methoxy groups -OCH3 is 2. The lowest BCUT2D eigenvalue weighted by molar-refractivity contribution is -0.121. The predicted molar refractivity (Wildman–Crippen MR) is 100 cm³/mol. The Morgan fingerprint density at radius 3 is 2.73 bits per heavy atom. The number of rotatable bonds is 7. The van der Waals surface area contributed by atoms with Crippen LogP contribution in [-0.2, 0) is 17.9 Å². The second-order valence-corrected chi connectivity index (χ2v) is 6.10. The Hall–Kier alpha value is -3.02. The first-order valence-corrected chi connectivity index (χ1v) is 8.51. The normalized spacial score (nSPS) is 10.7. The zero-order valence-electron chi connectivity index (χ0n) is 15.3. The lowest BCUT2D eigenvalue weighted by atomic mass is 10.2. The third kappa shape index (κ3) is 3.79. The molecule has 0 aliphatic rings. The van der Waals surface area contributed by atoms with E-state index < -0.39 is 0 Å². The van der Waals surface area contributed by atoms with E-state index in [9.17, 15) is 4.79 Å². The van der Waals surface area contributed by atoms with Crippen LogP contribution in [0.25, 0.3) is 10.9 Å². The Labute approximate surface area is 152 Å². The molecule has 0 bridgehead atoms. The van der Waals surface area contributed by atoms with E-state index in [0.717, 1.165) is 22.0 Å². The van der Waals surface area contributed by atoms with Gasteiger partial charge in [0.15, 0.2) is 11.5 Å². The molecule has 0 atom stereocenters. The highest BCUT2D eigenvalue weighted by Gasteiger charge is 2.09. The minimum absolute atomic E-state index is 0.0166. The Morgan fingerprint density at radius 1 is 1.15 bits per heavy atom. The number of benzene rings is 2. The molecule has 1 amide bonds. The highest BCUT2D eigenvalue weighted by atomic mass is 16.5. The molecular weight excluding hydrogens is 330 g/mol. The Balaban J connectivity index is 1.58. The zero-order valence-corrected chi connectivity index (χ0v) is 15.3. The molecule has 2 aromatic carbocycles. The van der Waals surface area contributed by atoms with E-state index >= 15 is 0 Å². The van der Waals surface area contributed by atoms with Crippen molar-refractivity contribution in [2.45, 2.75) is 26.4 Å². The van der Waals surface area contributed by atoms with Crippen LogP contribution in [-0.4, -0.2) is 29.9 Å². The minimum atomic E-state index is -0.0166. The second kappa shape index (κ2) is 7.91. The molecule has 1 heterocycles. The summed E-state index contributed by atoms with van der Waals surface area (Å²) in [7, 11) is 3.19. The van der Waals surface area contributed by atoms with Gasteiger partial charge in [-0.05, 0) is 30.2 Å². The summed E-state index contributed by atoms with van der Waals surface area (Å²) in [6, 6.07) is 11.7. The van der Waals surface area contributed by atoms with Crippen LogP contribution in [0.5, 0.6) is 11.5 Å². The highest BCUT2D eigenvalue weighted by molar-refractivity contribution is 5.82. The molecule has 0 saturated heterocycles. The van der Waals surface area contributed by atoms with Gasteiger partial charge in [0.25, 0.3) is 0 Å². The summed E-state index contributed by atoms with van der Waals surface area (Å²) in [4.78, 5) is 12.2. The fraction of sp³-hybridized carbons (Fsp3) is 0.300. The maximum absolute atomic E-state index is 12.2. The van der Waals surface area contributed by atoms with Crippen LogP contribution in [0.15, 0.2) is 42.6 Å². The number of hydrogen-bond donors (Lipinski definition) is 1. The maximum atomic E-state index is 12.2. The van der Waals surface area contributed by atoms with E-state index in [0.29, 0.717) is 31.0 Å². The van der Waals surface area contributed by atoms with Gasteiger partial charge in [0, 0.05) is 18.4 Å². The van der Waals surface area contributed by atoms with Gasteiger partial charge in [-0.1, -0.05) is 24.3 Å².